The van der Waals surface area contributed by atoms with Crippen molar-refractivity contribution in [2.45, 2.75) is 18.4 Å². The van der Waals surface area contributed by atoms with Crippen molar-refractivity contribution in [3.05, 3.63) is 41.0 Å². The minimum absolute atomic E-state index is 0.107. The standard InChI is InChI=1S/C22H27N7O2S/c1-24-18(2-6-23)27-21-25-7-3-16(26-21)17-14-15-19(32-17)22(4-5-22)29(20(15)30)9-8-28-10-12-31-13-11-28/h2-3,6-7,14H,4-5,8-13,23H2,1H3,(H,24,25,26,27). The van der Waals surface area contributed by atoms with Crippen molar-refractivity contribution in [2.75, 3.05) is 51.8 Å². The van der Waals surface area contributed by atoms with E-state index in [1.807, 2.05) is 12.1 Å². The number of amides is 1. The maximum Gasteiger partial charge on any atom is 0.255 e. The molecule has 3 aliphatic rings. The molecule has 0 aromatic carbocycles. The number of nitrogens with two attached hydrogens (primary N) is 1. The zero-order valence-electron chi connectivity index (χ0n) is 18.1. The lowest BCUT2D eigenvalue weighted by Gasteiger charge is -2.31. The maximum absolute atomic E-state index is 13.3. The zero-order valence-corrected chi connectivity index (χ0v) is 18.9. The van der Waals surface area contributed by atoms with Crippen LogP contribution in [0.2, 0.25) is 0 Å². The van der Waals surface area contributed by atoms with Crippen molar-refractivity contribution in [1.82, 2.24) is 19.8 Å². The van der Waals surface area contributed by atoms with Gasteiger partial charge in [-0.25, -0.2) is 9.97 Å². The third-order valence-electron chi connectivity index (χ3n) is 6.26. The quantitative estimate of drug-likeness (QED) is 0.508. The molecule has 0 atom stereocenters. The molecule has 2 fully saturated rings. The molecule has 0 radical (unpaired) electrons. The lowest BCUT2D eigenvalue weighted by molar-refractivity contribution is 0.0298. The molecule has 9 nitrogen and oxygen atoms in total. The SMILES string of the molecule is CN=C(C=CN)Nc1nccc(-c2cc3c(s2)C2(CC2)N(CCN2CCOCC2)C3=O)n1. The molecule has 5 rings (SSSR count). The number of nitrogens with zero attached hydrogens (tertiary/aromatic N) is 5. The summed E-state index contributed by atoms with van der Waals surface area (Å²) in [7, 11) is 1.67. The summed E-state index contributed by atoms with van der Waals surface area (Å²) in [5.74, 6) is 1.16. The normalized spacial score (nSPS) is 20.3. The number of morpholine rings is 1. The highest BCUT2D eigenvalue weighted by atomic mass is 32.1. The van der Waals surface area contributed by atoms with E-state index in [-0.39, 0.29) is 11.4 Å². The first kappa shape index (κ1) is 21.0. The molecule has 168 valence electrons. The van der Waals surface area contributed by atoms with E-state index in [0.29, 0.717) is 11.8 Å². The van der Waals surface area contributed by atoms with Gasteiger partial charge in [0.05, 0.1) is 34.9 Å². The molecule has 1 spiro atoms. The van der Waals surface area contributed by atoms with Gasteiger partial charge in [0.1, 0.15) is 5.84 Å². The van der Waals surface area contributed by atoms with Crippen molar-refractivity contribution in [1.29, 1.82) is 0 Å². The summed E-state index contributed by atoms with van der Waals surface area (Å²) in [6, 6.07) is 3.87. The Morgan fingerprint density at radius 2 is 2.19 bits per heavy atom. The zero-order chi connectivity index (χ0) is 22.1. The molecule has 3 N–H and O–H groups in total. The van der Waals surface area contributed by atoms with Crippen LogP contribution in [0.25, 0.3) is 10.6 Å². The van der Waals surface area contributed by atoms with E-state index < -0.39 is 0 Å². The number of aromatic nitrogens is 2. The number of aliphatic imine (C=N–C) groups is 1. The molecule has 2 aromatic heterocycles. The molecular weight excluding hydrogens is 426 g/mol. The van der Waals surface area contributed by atoms with E-state index in [4.69, 9.17) is 10.5 Å². The van der Waals surface area contributed by atoms with Gasteiger partial charge in [0.2, 0.25) is 5.95 Å². The molecule has 1 amide bonds. The third-order valence-corrected chi connectivity index (χ3v) is 7.61. The van der Waals surface area contributed by atoms with Gasteiger partial charge in [-0.15, -0.1) is 11.3 Å². The minimum Gasteiger partial charge on any atom is -0.404 e. The van der Waals surface area contributed by atoms with Crippen LogP contribution in [0.4, 0.5) is 5.95 Å². The number of thiophene rings is 1. The molecule has 0 bridgehead atoms. The topological polar surface area (TPSA) is 109 Å². The van der Waals surface area contributed by atoms with Crippen LogP contribution in [0.5, 0.6) is 0 Å². The number of hydrogen-bond acceptors (Lipinski definition) is 8. The molecule has 2 aliphatic heterocycles. The van der Waals surface area contributed by atoms with Gasteiger partial charge in [-0.05, 0) is 37.3 Å². The van der Waals surface area contributed by atoms with Gasteiger partial charge in [-0.1, -0.05) is 0 Å². The monoisotopic (exact) mass is 453 g/mol. The van der Waals surface area contributed by atoms with Gasteiger partial charge in [-0.3, -0.25) is 14.7 Å². The highest BCUT2D eigenvalue weighted by Gasteiger charge is 2.59. The molecular formula is C22H27N7O2S. The third kappa shape index (κ3) is 3.78. The van der Waals surface area contributed by atoms with Crippen LogP contribution in [0.1, 0.15) is 28.1 Å². The summed E-state index contributed by atoms with van der Waals surface area (Å²) in [6.07, 6.45) is 6.84. The Hall–Kier alpha value is -2.82. The number of ether oxygens (including phenoxy) is 1. The minimum atomic E-state index is -0.107. The molecule has 4 heterocycles. The van der Waals surface area contributed by atoms with Gasteiger partial charge in [0.15, 0.2) is 0 Å². The van der Waals surface area contributed by atoms with Crippen LogP contribution >= 0.6 is 11.3 Å². The predicted molar refractivity (Wildman–Crippen MR) is 125 cm³/mol. The van der Waals surface area contributed by atoms with E-state index in [0.717, 1.165) is 68.4 Å². The first-order valence-corrected chi connectivity index (χ1v) is 11.7. The predicted octanol–water partition coefficient (Wildman–Crippen LogP) is 1.89. The number of carbonyl (C=O) groups excluding carboxylic acids is 1. The highest BCUT2D eigenvalue weighted by molar-refractivity contribution is 7.16. The van der Waals surface area contributed by atoms with Crippen LogP contribution in [0.15, 0.2) is 35.6 Å². The van der Waals surface area contributed by atoms with Crippen molar-refractivity contribution >= 4 is 29.0 Å². The summed E-state index contributed by atoms with van der Waals surface area (Å²) in [5.41, 5.74) is 6.97. The Kier molecular flexibility index (Phi) is 5.66. The largest absolute Gasteiger partial charge is 0.404 e. The van der Waals surface area contributed by atoms with E-state index in [1.54, 1.807) is 30.7 Å². The smallest absolute Gasteiger partial charge is 0.255 e. The summed E-state index contributed by atoms with van der Waals surface area (Å²) in [4.78, 5) is 33.0. The Labute approximate surface area is 191 Å². The molecule has 1 saturated heterocycles. The van der Waals surface area contributed by atoms with Gasteiger partial charge in [0.25, 0.3) is 5.91 Å². The van der Waals surface area contributed by atoms with Crippen molar-refractivity contribution < 1.29 is 9.53 Å². The second-order valence-electron chi connectivity index (χ2n) is 8.15. The number of fused-ring (bicyclic) bond motifs is 2. The average Bonchev–Trinajstić information content (AvgIpc) is 3.43. The molecule has 10 heteroatoms. The van der Waals surface area contributed by atoms with Gasteiger partial charge in [-0.2, -0.15) is 0 Å². The lowest BCUT2D eigenvalue weighted by atomic mass is 10.2. The van der Waals surface area contributed by atoms with Crippen molar-refractivity contribution in [3.8, 4) is 10.6 Å². The van der Waals surface area contributed by atoms with Gasteiger partial charge >= 0.3 is 0 Å². The van der Waals surface area contributed by atoms with E-state index >= 15 is 0 Å². The highest BCUT2D eigenvalue weighted by Crippen LogP contribution is 2.59. The summed E-state index contributed by atoms with van der Waals surface area (Å²) in [5, 5.41) is 3.06. The fourth-order valence-corrected chi connectivity index (χ4v) is 5.79. The molecule has 1 aliphatic carbocycles. The molecule has 32 heavy (non-hydrogen) atoms. The van der Waals surface area contributed by atoms with Crippen molar-refractivity contribution in [2.24, 2.45) is 10.7 Å². The Bertz CT molecular complexity index is 1070. The summed E-state index contributed by atoms with van der Waals surface area (Å²) in [6.45, 7) is 5.11. The Morgan fingerprint density at radius 1 is 1.38 bits per heavy atom. The molecule has 1 saturated carbocycles. The van der Waals surface area contributed by atoms with E-state index in [9.17, 15) is 4.79 Å². The molecule has 0 unspecified atom stereocenters. The van der Waals surface area contributed by atoms with Crippen molar-refractivity contribution in [3.63, 3.8) is 0 Å². The van der Waals surface area contributed by atoms with Crippen LogP contribution in [-0.2, 0) is 10.3 Å². The number of hydrogen-bond donors (Lipinski definition) is 2. The van der Waals surface area contributed by atoms with E-state index in [2.05, 4.69) is 30.1 Å². The van der Waals surface area contributed by atoms with Crippen LogP contribution < -0.4 is 11.1 Å². The molecule has 2 aromatic rings. The summed E-state index contributed by atoms with van der Waals surface area (Å²) < 4.78 is 5.44. The fourth-order valence-electron chi connectivity index (χ4n) is 4.42. The fraction of sp³-hybridized carbons (Fsp3) is 0.455. The Balaban J connectivity index is 1.34. The van der Waals surface area contributed by atoms with Gasteiger partial charge in [0, 0.05) is 44.3 Å². The summed E-state index contributed by atoms with van der Waals surface area (Å²) >= 11 is 1.68. The number of rotatable bonds is 6. The number of anilines is 1. The van der Waals surface area contributed by atoms with Crippen LogP contribution in [-0.4, -0.2) is 78.0 Å². The van der Waals surface area contributed by atoms with Crippen LogP contribution in [0, 0.1) is 0 Å². The number of nitrogens with one attached hydrogen (secondary N) is 1. The second kappa shape index (κ2) is 8.61. The number of amidine groups is 1. The van der Waals surface area contributed by atoms with Crippen LogP contribution in [0.3, 0.4) is 0 Å². The van der Waals surface area contributed by atoms with Gasteiger partial charge < -0.3 is 20.7 Å². The lowest BCUT2D eigenvalue weighted by Crippen LogP contribution is -2.44. The Morgan fingerprint density at radius 3 is 2.91 bits per heavy atom. The first-order valence-electron chi connectivity index (χ1n) is 10.9. The second-order valence-corrected chi connectivity index (χ2v) is 9.21. The average molecular weight is 454 g/mol. The number of carbonyl (C=O) groups is 1. The first-order chi connectivity index (χ1) is 15.6. The maximum atomic E-state index is 13.3. The van der Waals surface area contributed by atoms with E-state index in [1.165, 1.54) is 11.1 Å².